The molecule has 0 N–H and O–H groups in total. The van der Waals surface area contributed by atoms with Gasteiger partial charge in [-0.05, 0) is 24.1 Å². The molecule has 0 aliphatic heterocycles. The van der Waals surface area contributed by atoms with Gasteiger partial charge in [-0.1, -0.05) is 55.1 Å². The molecule has 2 aromatic rings. The van der Waals surface area contributed by atoms with Gasteiger partial charge in [0.05, 0.1) is 6.61 Å². The molecule has 2 rings (SSSR count). The number of hydrogen-bond donors (Lipinski definition) is 0. The largest absolute Gasteiger partial charge is 0.490 e. The lowest BCUT2D eigenvalue weighted by atomic mass is 10.0. The Kier molecular flexibility index (Phi) is 4.14. The Bertz CT molecular complexity index is 585. The van der Waals surface area contributed by atoms with Crippen LogP contribution in [0.5, 0.6) is 0 Å². The van der Waals surface area contributed by atoms with E-state index in [0.29, 0.717) is 12.2 Å². The van der Waals surface area contributed by atoms with Crippen LogP contribution in [0.25, 0.3) is 11.1 Å². The zero-order chi connectivity index (χ0) is 13.7. The highest BCUT2D eigenvalue weighted by Gasteiger charge is 2.11. The molecule has 2 aromatic carbocycles. The second-order valence-corrected chi connectivity index (χ2v) is 4.13. The van der Waals surface area contributed by atoms with Crippen molar-refractivity contribution >= 4 is 5.78 Å². The van der Waals surface area contributed by atoms with Gasteiger partial charge in [-0.15, -0.1) is 0 Å². The molecule has 0 bridgehead atoms. The van der Waals surface area contributed by atoms with Crippen LogP contribution >= 0.6 is 0 Å². The molecular weight excluding hydrogens is 236 g/mol. The number of rotatable bonds is 5. The summed E-state index contributed by atoms with van der Waals surface area (Å²) in [6, 6.07) is 17.4. The van der Waals surface area contributed by atoms with Gasteiger partial charge in [0, 0.05) is 5.56 Å². The van der Waals surface area contributed by atoms with Crippen molar-refractivity contribution in [1.29, 1.82) is 0 Å². The second kappa shape index (κ2) is 6.01. The molecule has 2 heteroatoms. The smallest absolute Gasteiger partial charge is 0.226 e. The molecule has 0 saturated carbocycles. The maximum Gasteiger partial charge on any atom is 0.226 e. The fourth-order valence-electron chi connectivity index (χ4n) is 1.87. The van der Waals surface area contributed by atoms with E-state index < -0.39 is 0 Å². The summed E-state index contributed by atoms with van der Waals surface area (Å²) in [5.74, 6) is 0.0207. The van der Waals surface area contributed by atoms with Gasteiger partial charge < -0.3 is 4.74 Å². The van der Waals surface area contributed by atoms with E-state index in [1.807, 2.05) is 55.5 Å². The quantitative estimate of drug-likeness (QED) is 0.455. The number of benzene rings is 2. The summed E-state index contributed by atoms with van der Waals surface area (Å²) in [5, 5.41) is 0. The normalized spacial score (nSPS) is 9.95. The Hall–Kier alpha value is -2.35. The van der Waals surface area contributed by atoms with Crippen LogP contribution in [0.4, 0.5) is 0 Å². The molecule has 0 aliphatic carbocycles. The second-order valence-electron chi connectivity index (χ2n) is 4.13. The molecule has 0 heterocycles. The van der Waals surface area contributed by atoms with E-state index in [1.54, 1.807) is 6.07 Å². The number of allylic oxidation sites excluding steroid dienone is 1. The average Bonchev–Trinajstić information content (AvgIpc) is 2.48. The monoisotopic (exact) mass is 252 g/mol. The molecule has 0 unspecified atom stereocenters. The summed E-state index contributed by atoms with van der Waals surface area (Å²) >= 11 is 0. The first-order valence-electron chi connectivity index (χ1n) is 6.24. The predicted molar refractivity (Wildman–Crippen MR) is 77.0 cm³/mol. The molecule has 0 amide bonds. The van der Waals surface area contributed by atoms with Gasteiger partial charge in [-0.25, -0.2) is 0 Å². The molecule has 96 valence electrons. The number of Topliss-reactive ketones (excluding diaryl/α,β-unsaturated/α-hetero) is 1. The summed E-state index contributed by atoms with van der Waals surface area (Å²) in [7, 11) is 0. The van der Waals surface area contributed by atoms with E-state index in [9.17, 15) is 4.79 Å². The minimum Gasteiger partial charge on any atom is -0.490 e. The number of carbonyl (C=O) groups excluding carboxylic acids is 1. The Balaban J connectivity index is 2.30. The van der Waals surface area contributed by atoms with E-state index in [2.05, 4.69) is 6.58 Å². The van der Waals surface area contributed by atoms with E-state index >= 15 is 0 Å². The van der Waals surface area contributed by atoms with Crippen LogP contribution in [0.1, 0.15) is 17.3 Å². The van der Waals surface area contributed by atoms with Crippen molar-refractivity contribution < 1.29 is 9.53 Å². The summed E-state index contributed by atoms with van der Waals surface area (Å²) in [5.41, 5.74) is 2.69. The lowest BCUT2D eigenvalue weighted by Crippen LogP contribution is -2.05. The maximum atomic E-state index is 12.1. The molecule has 0 radical (unpaired) electrons. The van der Waals surface area contributed by atoms with Crippen molar-refractivity contribution in [2.45, 2.75) is 6.92 Å². The third-order valence-electron chi connectivity index (χ3n) is 2.80. The minimum absolute atomic E-state index is 0.167. The Labute approximate surface area is 113 Å². The number of ketones is 1. The molecule has 0 fully saturated rings. The van der Waals surface area contributed by atoms with Crippen LogP contribution in [-0.2, 0) is 4.74 Å². The van der Waals surface area contributed by atoms with E-state index in [0.717, 1.165) is 11.1 Å². The molecule has 19 heavy (non-hydrogen) atoms. The average molecular weight is 252 g/mol. The summed E-state index contributed by atoms with van der Waals surface area (Å²) in [6.45, 7) is 5.93. The van der Waals surface area contributed by atoms with Crippen molar-refractivity contribution in [2.24, 2.45) is 0 Å². The molecule has 0 atom stereocenters. The van der Waals surface area contributed by atoms with Gasteiger partial charge in [0.25, 0.3) is 0 Å². The van der Waals surface area contributed by atoms with E-state index in [1.165, 1.54) is 0 Å². The van der Waals surface area contributed by atoms with Crippen LogP contribution in [-0.4, -0.2) is 12.4 Å². The lowest BCUT2D eigenvalue weighted by Gasteiger charge is -2.07. The summed E-state index contributed by atoms with van der Waals surface area (Å²) in [4.78, 5) is 12.1. The lowest BCUT2D eigenvalue weighted by molar-refractivity contribution is 0.0929. The topological polar surface area (TPSA) is 26.3 Å². The number of hydrogen-bond acceptors (Lipinski definition) is 2. The Morgan fingerprint density at radius 2 is 1.74 bits per heavy atom. The first-order valence-corrected chi connectivity index (χ1v) is 6.24. The zero-order valence-electron chi connectivity index (χ0n) is 10.9. The van der Waals surface area contributed by atoms with Crippen LogP contribution in [0, 0.1) is 0 Å². The van der Waals surface area contributed by atoms with Gasteiger partial charge in [0.1, 0.15) is 0 Å². The fourth-order valence-corrected chi connectivity index (χ4v) is 1.87. The highest BCUT2D eigenvalue weighted by molar-refractivity contribution is 6.07. The standard InChI is InChI=1S/C17H16O2/c1-3-19-13(2)17(18)16-11-7-10-15(12-16)14-8-5-4-6-9-14/h4-12H,2-3H2,1H3. The SMILES string of the molecule is C=C(OCC)C(=O)c1cccc(-c2ccccc2)c1. The van der Waals surface area contributed by atoms with Crippen molar-refractivity contribution in [1.82, 2.24) is 0 Å². The molecule has 0 aliphatic rings. The van der Waals surface area contributed by atoms with Gasteiger partial charge in [0.15, 0.2) is 5.76 Å². The van der Waals surface area contributed by atoms with Gasteiger partial charge in [-0.3, -0.25) is 4.79 Å². The minimum atomic E-state index is -0.167. The summed E-state index contributed by atoms with van der Waals surface area (Å²) in [6.07, 6.45) is 0. The first kappa shape index (κ1) is 13.1. The Morgan fingerprint density at radius 1 is 1.05 bits per heavy atom. The number of carbonyl (C=O) groups is 1. The predicted octanol–water partition coefficient (Wildman–Crippen LogP) is 4.09. The van der Waals surface area contributed by atoms with Gasteiger partial charge in [0.2, 0.25) is 5.78 Å². The van der Waals surface area contributed by atoms with Crippen molar-refractivity contribution in [2.75, 3.05) is 6.61 Å². The van der Waals surface area contributed by atoms with Gasteiger partial charge in [-0.2, -0.15) is 0 Å². The Morgan fingerprint density at radius 3 is 2.42 bits per heavy atom. The van der Waals surface area contributed by atoms with Crippen LogP contribution < -0.4 is 0 Å². The molecule has 2 nitrogen and oxygen atoms in total. The maximum absolute atomic E-state index is 12.1. The molecular formula is C17H16O2. The molecule has 0 spiro atoms. The third-order valence-corrected chi connectivity index (χ3v) is 2.80. The van der Waals surface area contributed by atoms with Crippen molar-refractivity contribution in [3.8, 4) is 11.1 Å². The highest BCUT2D eigenvalue weighted by Crippen LogP contribution is 2.21. The fraction of sp³-hybridized carbons (Fsp3) is 0.118. The molecule has 0 aromatic heterocycles. The van der Waals surface area contributed by atoms with Crippen molar-refractivity contribution in [3.05, 3.63) is 72.5 Å². The van der Waals surface area contributed by atoms with E-state index in [4.69, 9.17) is 4.74 Å². The summed E-state index contributed by atoms with van der Waals surface area (Å²) < 4.78 is 5.16. The zero-order valence-corrected chi connectivity index (χ0v) is 10.9. The third kappa shape index (κ3) is 3.10. The number of ether oxygens (including phenoxy) is 1. The van der Waals surface area contributed by atoms with Crippen LogP contribution in [0.15, 0.2) is 66.9 Å². The molecule has 0 saturated heterocycles. The van der Waals surface area contributed by atoms with Gasteiger partial charge >= 0.3 is 0 Å². The van der Waals surface area contributed by atoms with Crippen LogP contribution in [0.2, 0.25) is 0 Å². The highest BCUT2D eigenvalue weighted by atomic mass is 16.5. The van der Waals surface area contributed by atoms with E-state index in [-0.39, 0.29) is 11.5 Å². The first-order chi connectivity index (χ1) is 9.22. The van der Waals surface area contributed by atoms with Crippen molar-refractivity contribution in [3.63, 3.8) is 0 Å². The van der Waals surface area contributed by atoms with Crippen LogP contribution in [0.3, 0.4) is 0 Å².